The zero-order chi connectivity index (χ0) is 25.6. The molecule has 1 rings (SSSR count). The Bertz CT molecular complexity index is 728. The van der Waals surface area contributed by atoms with E-state index >= 15 is 0 Å². The molecule has 1 aromatic rings. The molecule has 0 unspecified atom stereocenters. The van der Waals surface area contributed by atoms with Crippen molar-refractivity contribution in [1.82, 2.24) is 14.9 Å². The van der Waals surface area contributed by atoms with E-state index in [1.54, 1.807) is 0 Å². The Kier molecular flexibility index (Phi) is 19.1. The molecule has 0 aliphatic heterocycles. The molecule has 1 amide bonds. The van der Waals surface area contributed by atoms with E-state index in [4.69, 9.17) is 0 Å². The normalized spacial score (nSPS) is 11.1. The molecule has 6 heteroatoms. The highest BCUT2D eigenvalue weighted by molar-refractivity contribution is 5.76. The van der Waals surface area contributed by atoms with Gasteiger partial charge in [-0.25, -0.2) is 4.79 Å². The number of aromatic nitrogens is 2. The van der Waals surface area contributed by atoms with Crippen LogP contribution in [-0.4, -0.2) is 27.3 Å². The molecule has 0 aromatic carbocycles. The molecule has 0 spiro atoms. The number of unbranched alkanes of at least 4 members (excludes halogenated alkanes) is 17. The highest BCUT2D eigenvalue weighted by Gasteiger charge is 2.14. The lowest BCUT2D eigenvalue weighted by atomic mass is 10.1. The average Bonchev–Trinajstić information content (AvgIpc) is 2.82. The number of hydrogen-bond acceptors (Lipinski definition) is 3. The van der Waals surface area contributed by atoms with Gasteiger partial charge in [-0.3, -0.25) is 14.6 Å². The molecule has 0 atom stereocenters. The van der Waals surface area contributed by atoms with Crippen LogP contribution in [0.15, 0.2) is 15.7 Å². The largest absolute Gasteiger partial charge is 0.337 e. The number of nitrogens with one attached hydrogen (secondary N) is 2. The number of nitrogens with zero attached hydrogens (tertiary/aromatic N) is 1. The van der Waals surface area contributed by atoms with Crippen LogP contribution in [0.4, 0.5) is 0 Å². The van der Waals surface area contributed by atoms with Crippen LogP contribution in [0.2, 0.25) is 0 Å². The second-order valence-corrected chi connectivity index (χ2v) is 10.2. The fourth-order valence-corrected chi connectivity index (χ4v) is 4.64. The number of aromatic amines is 2. The van der Waals surface area contributed by atoms with Gasteiger partial charge in [-0.2, -0.15) is 0 Å². The monoisotopic (exact) mass is 491 g/mol. The molecule has 202 valence electrons. The van der Waals surface area contributed by atoms with Crippen LogP contribution in [0.3, 0.4) is 0 Å². The van der Waals surface area contributed by atoms with Gasteiger partial charge in [0.1, 0.15) is 0 Å². The van der Waals surface area contributed by atoms with E-state index in [1.807, 2.05) is 4.90 Å². The number of carbonyl (C=O) groups excluding carboxylic acids is 1. The van der Waals surface area contributed by atoms with Crippen molar-refractivity contribution in [2.75, 3.05) is 6.54 Å². The molecule has 35 heavy (non-hydrogen) atoms. The lowest BCUT2D eigenvalue weighted by Crippen LogP contribution is -2.33. The molecule has 0 saturated heterocycles. The first-order valence-electron chi connectivity index (χ1n) is 14.7. The van der Waals surface area contributed by atoms with Crippen LogP contribution in [0, 0.1) is 0 Å². The van der Waals surface area contributed by atoms with E-state index < -0.39 is 11.2 Å². The summed E-state index contributed by atoms with van der Waals surface area (Å²) >= 11 is 0. The summed E-state index contributed by atoms with van der Waals surface area (Å²) in [7, 11) is 0. The maximum atomic E-state index is 13.0. The molecule has 2 N–H and O–H groups in total. The first-order valence-corrected chi connectivity index (χ1v) is 14.7. The number of hydrogen-bond donors (Lipinski definition) is 2. The summed E-state index contributed by atoms with van der Waals surface area (Å²) in [6.07, 6.45) is 24.1. The van der Waals surface area contributed by atoms with E-state index in [2.05, 4.69) is 23.8 Å². The molecular weight excluding hydrogens is 438 g/mol. The molecule has 0 fully saturated rings. The summed E-state index contributed by atoms with van der Waals surface area (Å²) in [4.78, 5) is 43.0. The molecule has 0 saturated carbocycles. The smallest absolute Gasteiger partial charge is 0.325 e. The molecule has 6 nitrogen and oxygen atoms in total. The Labute approximate surface area is 213 Å². The van der Waals surface area contributed by atoms with Gasteiger partial charge in [-0.1, -0.05) is 123 Å². The highest BCUT2D eigenvalue weighted by atomic mass is 16.2. The molecule has 0 aliphatic carbocycles. The number of carbonyl (C=O) groups is 1. The van der Waals surface area contributed by atoms with Gasteiger partial charge in [0.15, 0.2) is 0 Å². The third-order valence-corrected chi connectivity index (χ3v) is 6.81. The van der Waals surface area contributed by atoms with Gasteiger partial charge in [0.2, 0.25) is 5.91 Å². The van der Waals surface area contributed by atoms with Gasteiger partial charge in [-0.15, -0.1) is 0 Å². The van der Waals surface area contributed by atoms with Gasteiger partial charge in [0.25, 0.3) is 5.56 Å². The Morgan fingerprint density at radius 2 is 1.11 bits per heavy atom. The third-order valence-electron chi connectivity index (χ3n) is 6.81. The first kappa shape index (κ1) is 31.2. The average molecular weight is 492 g/mol. The SMILES string of the molecule is CCCCCCCCCCCCCN(Cc1cc(=O)[nH]c(=O)[nH]1)C(=O)CCCCCCCCCC. The molecule has 0 bridgehead atoms. The van der Waals surface area contributed by atoms with Crippen LogP contribution in [0.1, 0.15) is 148 Å². The topological polar surface area (TPSA) is 86.0 Å². The predicted octanol–water partition coefficient (Wildman–Crippen LogP) is 7.23. The van der Waals surface area contributed by atoms with E-state index in [1.165, 1.54) is 102 Å². The van der Waals surface area contributed by atoms with Gasteiger partial charge in [0.05, 0.1) is 6.54 Å². The van der Waals surface area contributed by atoms with E-state index in [0.717, 1.165) is 25.7 Å². The van der Waals surface area contributed by atoms with Crippen LogP contribution in [0.25, 0.3) is 0 Å². The Morgan fingerprint density at radius 3 is 1.60 bits per heavy atom. The van der Waals surface area contributed by atoms with Gasteiger partial charge in [-0.05, 0) is 12.8 Å². The summed E-state index contributed by atoms with van der Waals surface area (Å²) in [6.45, 7) is 5.47. The number of amides is 1. The van der Waals surface area contributed by atoms with Crippen LogP contribution < -0.4 is 11.2 Å². The minimum atomic E-state index is -0.516. The zero-order valence-corrected chi connectivity index (χ0v) is 22.8. The van der Waals surface area contributed by atoms with Crippen molar-refractivity contribution < 1.29 is 4.79 Å². The van der Waals surface area contributed by atoms with Crippen molar-refractivity contribution in [2.45, 2.75) is 149 Å². The maximum absolute atomic E-state index is 13.0. The quantitative estimate of drug-likeness (QED) is 0.158. The molecule has 0 aliphatic rings. The first-order chi connectivity index (χ1) is 17.1. The minimum absolute atomic E-state index is 0.129. The van der Waals surface area contributed by atoms with Gasteiger partial charge in [0, 0.05) is 24.7 Å². The minimum Gasteiger partial charge on any atom is -0.337 e. The van der Waals surface area contributed by atoms with Crippen LogP contribution >= 0.6 is 0 Å². The van der Waals surface area contributed by atoms with Crippen molar-refractivity contribution in [3.8, 4) is 0 Å². The number of rotatable bonds is 23. The predicted molar refractivity (Wildman–Crippen MR) is 147 cm³/mol. The fourth-order valence-electron chi connectivity index (χ4n) is 4.64. The third kappa shape index (κ3) is 17.3. The molecule has 0 radical (unpaired) electrons. The van der Waals surface area contributed by atoms with Crippen molar-refractivity contribution in [3.05, 3.63) is 32.6 Å². The van der Waals surface area contributed by atoms with E-state index in [0.29, 0.717) is 25.2 Å². The van der Waals surface area contributed by atoms with Crippen LogP contribution in [-0.2, 0) is 11.3 Å². The summed E-state index contributed by atoms with van der Waals surface area (Å²) < 4.78 is 0. The Balaban J connectivity index is 2.36. The van der Waals surface area contributed by atoms with Crippen LogP contribution in [0.5, 0.6) is 0 Å². The maximum Gasteiger partial charge on any atom is 0.325 e. The van der Waals surface area contributed by atoms with E-state index in [-0.39, 0.29) is 5.91 Å². The lowest BCUT2D eigenvalue weighted by Gasteiger charge is -2.23. The summed E-state index contributed by atoms with van der Waals surface area (Å²) in [6, 6.07) is 1.39. The molecule has 1 aromatic heterocycles. The lowest BCUT2D eigenvalue weighted by molar-refractivity contribution is -0.132. The number of H-pyrrole nitrogens is 2. The summed E-state index contributed by atoms with van der Waals surface area (Å²) in [5.74, 6) is 0.129. The van der Waals surface area contributed by atoms with Gasteiger partial charge < -0.3 is 9.88 Å². The standard InChI is InChI=1S/C29H53N3O3/c1-3-5-7-9-11-13-14-15-17-19-21-23-32(25-26-24-27(33)31-29(35)30-26)28(34)22-20-18-16-12-10-8-6-4-2/h24H,3-23,25H2,1-2H3,(H2,30,31,33,35). The second kappa shape index (κ2) is 21.4. The van der Waals surface area contributed by atoms with Crippen molar-refractivity contribution in [2.24, 2.45) is 0 Å². The highest BCUT2D eigenvalue weighted by Crippen LogP contribution is 2.14. The fraction of sp³-hybridized carbons (Fsp3) is 0.828. The second-order valence-electron chi connectivity index (χ2n) is 10.2. The van der Waals surface area contributed by atoms with Crippen molar-refractivity contribution in [1.29, 1.82) is 0 Å². The Hall–Kier alpha value is -1.85. The molecular formula is C29H53N3O3. The van der Waals surface area contributed by atoms with E-state index in [9.17, 15) is 14.4 Å². The summed E-state index contributed by atoms with van der Waals surface area (Å²) in [5, 5.41) is 0. The van der Waals surface area contributed by atoms with Crippen molar-refractivity contribution >= 4 is 5.91 Å². The Morgan fingerprint density at radius 1 is 0.657 bits per heavy atom. The summed E-state index contributed by atoms with van der Waals surface area (Å²) in [5.41, 5.74) is -0.433. The molecule has 1 heterocycles. The van der Waals surface area contributed by atoms with Crippen molar-refractivity contribution in [3.63, 3.8) is 0 Å². The van der Waals surface area contributed by atoms with Gasteiger partial charge >= 0.3 is 5.69 Å². The zero-order valence-electron chi connectivity index (χ0n) is 22.8.